The molecule has 0 amide bonds. The second-order valence-electron chi connectivity index (χ2n) is 3.42. The third-order valence-electron chi connectivity index (χ3n) is 2.27. The number of nitriles is 1. The molecule has 0 fully saturated rings. The highest BCUT2D eigenvalue weighted by Crippen LogP contribution is 2.23. The van der Waals surface area contributed by atoms with E-state index in [1.807, 2.05) is 6.07 Å². The first kappa shape index (κ1) is 11.0. The van der Waals surface area contributed by atoms with E-state index in [0.29, 0.717) is 5.69 Å². The van der Waals surface area contributed by atoms with E-state index in [9.17, 15) is 4.39 Å². The lowest BCUT2D eigenvalue weighted by Crippen LogP contribution is -2.01. The summed E-state index contributed by atoms with van der Waals surface area (Å²) in [5.74, 6) is -0.136. The van der Waals surface area contributed by atoms with Crippen LogP contribution in [0.15, 0.2) is 30.6 Å². The fourth-order valence-electron chi connectivity index (χ4n) is 1.42. The molecule has 2 rings (SSSR count). The smallest absolute Gasteiger partial charge is 0.183 e. The normalized spacial score (nSPS) is 9.71. The van der Waals surface area contributed by atoms with Crippen molar-refractivity contribution in [3.8, 4) is 6.07 Å². The minimum atomic E-state index is -0.389. The second kappa shape index (κ2) is 4.58. The maximum absolute atomic E-state index is 13.6. The van der Waals surface area contributed by atoms with Crippen molar-refractivity contribution in [2.24, 2.45) is 0 Å². The number of hydrogen-bond acceptors (Lipinski definition) is 4. The van der Waals surface area contributed by atoms with Crippen LogP contribution in [-0.4, -0.2) is 9.97 Å². The summed E-state index contributed by atoms with van der Waals surface area (Å²) in [4.78, 5) is 7.81. The highest BCUT2D eigenvalue weighted by Gasteiger charge is 2.09. The van der Waals surface area contributed by atoms with Crippen molar-refractivity contribution in [1.82, 2.24) is 9.97 Å². The highest BCUT2D eigenvalue weighted by molar-refractivity contribution is 5.64. The summed E-state index contributed by atoms with van der Waals surface area (Å²) in [5, 5.41) is 11.6. The van der Waals surface area contributed by atoms with E-state index in [2.05, 4.69) is 15.3 Å². The molecule has 2 aromatic rings. The van der Waals surface area contributed by atoms with Crippen molar-refractivity contribution >= 4 is 11.5 Å². The quantitative estimate of drug-likeness (QED) is 0.857. The van der Waals surface area contributed by atoms with Crippen molar-refractivity contribution in [2.45, 2.75) is 6.92 Å². The van der Waals surface area contributed by atoms with Crippen molar-refractivity contribution < 1.29 is 4.39 Å². The van der Waals surface area contributed by atoms with Gasteiger partial charge < -0.3 is 5.32 Å². The maximum atomic E-state index is 13.6. The van der Waals surface area contributed by atoms with Gasteiger partial charge in [-0.2, -0.15) is 5.26 Å². The molecule has 0 bridgehead atoms. The first-order valence-electron chi connectivity index (χ1n) is 4.95. The summed E-state index contributed by atoms with van der Waals surface area (Å²) in [6, 6.07) is 6.64. The van der Waals surface area contributed by atoms with Crippen LogP contribution in [0.1, 0.15) is 11.3 Å². The monoisotopic (exact) mass is 228 g/mol. The van der Waals surface area contributed by atoms with Crippen LogP contribution >= 0.6 is 0 Å². The lowest BCUT2D eigenvalue weighted by atomic mass is 10.2. The molecule has 1 aromatic carbocycles. The summed E-state index contributed by atoms with van der Waals surface area (Å²) in [7, 11) is 0. The lowest BCUT2D eigenvalue weighted by molar-refractivity contribution is 0.630. The molecule has 0 unspecified atom stereocenters. The fourth-order valence-corrected chi connectivity index (χ4v) is 1.42. The molecule has 0 aliphatic carbocycles. The van der Waals surface area contributed by atoms with Crippen molar-refractivity contribution in [1.29, 1.82) is 5.26 Å². The van der Waals surface area contributed by atoms with Gasteiger partial charge in [-0.3, -0.25) is 0 Å². The van der Waals surface area contributed by atoms with Crippen LogP contribution in [0.3, 0.4) is 0 Å². The van der Waals surface area contributed by atoms with E-state index in [1.165, 1.54) is 18.5 Å². The third kappa shape index (κ3) is 2.21. The molecule has 84 valence electrons. The van der Waals surface area contributed by atoms with Crippen molar-refractivity contribution in [3.05, 3.63) is 47.7 Å². The average molecular weight is 228 g/mol. The van der Waals surface area contributed by atoms with Gasteiger partial charge in [0.15, 0.2) is 11.5 Å². The SMILES string of the molecule is Cc1cccc(F)c1Nc1nccnc1C#N. The fraction of sp³-hybridized carbons (Fsp3) is 0.0833. The van der Waals surface area contributed by atoms with Crippen LogP contribution in [0.4, 0.5) is 15.9 Å². The number of aromatic nitrogens is 2. The van der Waals surface area contributed by atoms with Crippen molar-refractivity contribution in [3.63, 3.8) is 0 Å². The molecule has 0 spiro atoms. The van der Waals surface area contributed by atoms with Gasteiger partial charge in [0.25, 0.3) is 0 Å². The topological polar surface area (TPSA) is 61.6 Å². The molecule has 0 aliphatic rings. The van der Waals surface area contributed by atoms with Crippen molar-refractivity contribution in [2.75, 3.05) is 5.32 Å². The van der Waals surface area contributed by atoms with Gasteiger partial charge in [-0.15, -0.1) is 0 Å². The standard InChI is InChI=1S/C12H9FN4/c1-8-3-2-4-9(13)11(8)17-12-10(7-14)15-5-6-16-12/h2-6H,1H3,(H,16,17). The van der Waals surface area contributed by atoms with Gasteiger partial charge in [0.1, 0.15) is 11.9 Å². The van der Waals surface area contributed by atoms with Gasteiger partial charge in [-0.25, -0.2) is 14.4 Å². The number of nitrogens with zero attached hydrogens (tertiary/aromatic N) is 3. The summed E-state index contributed by atoms with van der Waals surface area (Å²) < 4.78 is 13.6. The summed E-state index contributed by atoms with van der Waals surface area (Å²) in [5.41, 5.74) is 1.18. The Labute approximate surface area is 97.8 Å². The van der Waals surface area contributed by atoms with Gasteiger partial charge in [-0.1, -0.05) is 12.1 Å². The van der Waals surface area contributed by atoms with Crippen LogP contribution in [0, 0.1) is 24.1 Å². The van der Waals surface area contributed by atoms with E-state index >= 15 is 0 Å². The van der Waals surface area contributed by atoms with E-state index in [0.717, 1.165) is 5.56 Å². The Kier molecular flexibility index (Phi) is 2.97. The first-order chi connectivity index (χ1) is 8.22. The lowest BCUT2D eigenvalue weighted by Gasteiger charge is -2.09. The van der Waals surface area contributed by atoms with Gasteiger partial charge in [0.05, 0.1) is 5.69 Å². The molecule has 0 atom stereocenters. The molecular formula is C12H9FN4. The zero-order chi connectivity index (χ0) is 12.3. The van der Waals surface area contributed by atoms with E-state index in [1.54, 1.807) is 19.1 Å². The Balaban J connectivity index is 2.42. The number of hydrogen-bond donors (Lipinski definition) is 1. The molecule has 0 radical (unpaired) electrons. The number of anilines is 2. The van der Waals surface area contributed by atoms with Crippen LogP contribution in [-0.2, 0) is 0 Å². The van der Waals surface area contributed by atoms with Gasteiger partial charge in [0.2, 0.25) is 0 Å². The van der Waals surface area contributed by atoms with Crippen LogP contribution in [0.5, 0.6) is 0 Å². The average Bonchev–Trinajstić information content (AvgIpc) is 2.34. The Morgan fingerprint density at radius 2 is 2.06 bits per heavy atom. The predicted molar refractivity (Wildman–Crippen MR) is 61.2 cm³/mol. The molecule has 0 saturated heterocycles. The Morgan fingerprint density at radius 1 is 1.29 bits per heavy atom. The molecular weight excluding hydrogens is 219 g/mol. The van der Waals surface area contributed by atoms with E-state index in [4.69, 9.17) is 5.26 Å². The van der Waals surface area contributed by atoms with Crippen LogP contribution < -0.4 is 5.32 Å². The predicted octanol–water partition coefficient (Wildman–Crippen LogP) is 2.54. The van der Waals surface area contributed by atoms with Gasteiger partial charge in [-0.05, 0) is 18.6 Å². The maximum Gasteiger partial charge on any atom is 0.183 e. The largest absolute Gasteiger partial charge is 0.335 e. The second-order valence-corrected chi connectivity index (χ2v) is 3.42. The number of nitrogens with one attached hydrogen (secondary N) is 1. The Bertz CT molecular complexity index is 569. The number of para-hydroxylation sites is 1. The zero-order valence-corrected chi connectivity index (χ0v) is 9.11. The Hall–Kier alpha value is -2.48. The minimum absolute atomic E-state index is 0.134. The summed E-state index contributed by atoms with van der Waals surface area (Å²) >= 11 is 0. The zero-order valence-electron chi connectivity index (χ0n) is 9.11. The number of halogens is 1. The summed E-state index contributed by atoms with van der Waals surface area (Å²) in [6.07, 6.45) is 2.86. The van der Waals surface area contributed by atoms with Crippen LogP contribution in [0.25, 0.3) is 0 Å². The molecule has 0 aliphatic heterocycles. The minimum Gasteiger partial charge on any atom is -0.335 e. The molecule has 5 heteroatoms. The van der Waals surface area contributed by atoms with E-state index < -0.39 is 0 Å². The Morgan fingerprint density at radius 3 is 2.76 bits per heavy atom. The molecule has 1 N–H and O–H groups in total. The summed E-state index contributed by atoms with van der Waals surface area (Å²) in [6.45, 7) is 1.77. The first-order valence-corrected chi connectivity index (χ1v) is 4.95. The van der Waals surface area contributed by atoms with Gasteiger partial charge >= 0.3 is 0 Å². The highest BCUT2D eigenvalue weighted by atomic mass is 19.1. The number of rotatable bonds is 2. The molecule has 1 aromatic heterocycles. The molecule has 0 saturated carbocycles. The molecule has 1 heterocycles. The number of aryl methyl sites for hydroxylation is 1. The molecule has 4 nitrogen and oxygen atoms in total. The van der Waals surface area contributed by atoms with E-state index in [-0.39, 0.29) is 17.3 Å². The van der Waals surface area contributed by atoms with Crippen LogP contribution in [0.2, 0.25) is 0 Å². The van der Waals surface area contributed by atoms with Gasteiger partial charge in [0, 0.05) is 12.4 Å². The molecule has 17 heavy (non-hydrogen) atoms. The number of benzene rings is 1. The third-order valence-corrected chi connectivity index (χ3v) is 2.27.